The largest absolute Gasteiger partial charge is 0.478 e. The molecular formula is C45H71N13O12. The SMILES string of the molecule is CNc1nccc(-c2nc3ccc(C(=O)O)cc3[nH]2)n1.CNc1nccc(C(OC)OC)n1.CNc1nccc(C)n1.COC(OC)C(=O)/C=C/N(C)C.COC(OC)C(C)=O.COC(OC)N(C)C. The second-order valence-corrected chi connectivity index (χ2v) is 13.9. The van der Waals surface area contributed by atoms with Crippen molar-refractivity contribution in [3.8, 4) is 11.5 Å². The summed E-state index contributed by atoms with van der Waals surface area (Å²) in [5.74, 6) is 1.01. The number of ether oxygens (including phenoxy) is 8. The number of aromatic amines is 1. The van der Waals surface area contributed by atoms with E-state index in [1.807, 2.05) is 46.1 Å². The molecule has 0 aliphatic carbocycles. The van der Waals surface area contributed by atoms with Crippen LogP contribution in [0.25, 0.3) is 22.6 Å². The molecule has 1 aromatic carbocycles. The van der Waals surface area contributed by atoms with Crippen LogP contribution in [0.1, 0.15) is 35.0 Å². The molecule has 0 spiro atoms. The first kappa shape index (κ1) is 63.3. The highest BCUT2D eigenvalue weighted by Crippen LogP contribution is 2.20. The van der Waals surface area contributed by atoms with Crippen molar-refractivity contribution in [1.29, 1.82) is 0 Å². The molecule has 25 nitrogen and oxygen atoms in total. The Kier molecular flexibility index (Phi) is 32.9. The van der Waals surface area contributed by atoms with E-state index in [4.69, 9.17) is 33.5 Å². The number of hydrogen-bond acceptors (Lipinski definition) is 23. The minimum absolute atomic E-state index is 0.116. The second kappa shape index (κ2) is 36.3. The van der Waals surface area contributed by atoms with Gasteiger partial charge in [-0.25, -0.2) is 39.7 Å². The number of benzene rings is 1. The van der Waals surface area contributed by atoms with Crippen molar-refractivity contribution in [1.82, 2.24) is 49.7 Å². The monoisotopic (exact) mass is 986 g/mol. The number of carboxylic acid groups (broad SMARTS) is 1. The fraction of sp³-hybridized carbons (Fsp3) is 0.467. The lowest BCUT2D eigenvalue weighted by Gasteiger charge is -2.19. The van der Waals surface area contributed by atoms with Gasteiger partial charge in [0.25, 0.3) is 0 Å². The van der Waals surface area contributed by atoms with Gasteiger partial charge in [0.2, 0.25) is 48.9 Å². The van der Waals surface area contributed by atoms with Crippen LogP contribution >= 0.6 is 0 Å². The number of aromatic nitrogens is 8. The minimum atomic E-state index is -0.970. The highest BCUT2D eigenvalue weighted by Gasteiger charge is 2.14. The molecule has 0 atom stereocenters. The lowest BCUT2D eigenvalue weighted by molar-refractivity contribution is -0.179. The molecule has 0 amide bonds. The van der Waals surface area contributed by atoms with Crippen LogP contribution in [0.2, 0.25) is 0 Å². The van der Waals surface area contributed by atoms with Crippen LogP contribution in [0, 0.1) is 6.92 Å². The molecular weight excluding hydrogens is 915 g/mol. The standard InChI is InChI=1S/C13H11N5O2.C8H13N3O2.C8H15NO3.C6H9N3.C5H13NO2.C5H10O3/c1-14-13-15-5-4-9(18-13)11-16-8-3-2-7(12(19)20)6-10(8)17-11;1-9-8-10-5-4-6(11-8)7(12-2)13-3;1-9(2)6-5-7(10)8(11-3)12-4;1-5-3-4-8-6(7-2)9-5;1-6(2)5(7-3)8-4;1-4(6)5(7-2)8-3/h2-6H,1H3,(H,16,17)(H,19,20)(H,14,15,18);4-5,7H,1-3H3,(H,9,10,11);5-6,8H,1-4H3;3-4H,1-2H3,(H,7,8,9);5H,1-4H3;5H,1-3H3/b;;6-5+;;;. The lowest BCUT2D eigenvalue weighted by Crippen LogP contribution is -2.30. The Balaban J connectivity index is 0.000000849. The maximum absolute atomic E-state index is 11.1. The van der Waals surface area contributed by atoms with Gasteiger partial charge in [0, 0.05) is 129 Å². The first-order valence-corrected chi connectivity index (χ1v) is 20.9. The summed E-state index contributed by atoms with van der Waals surface area (Å²) < 4.78 is 38.5. The van der Waals surface area contributed by atoms with E-state index in [0.29, 0.717) is 46.1 Å². The Labute approximate surface area is 409 Å². The number of aromatic carboxylic acids is 1. The number of fused-ring (bicyclic) bond motifs is 1. The molecule has 0 saturated heterocycles. The van der Waals surface area contributed by atoms with E-state index >= 15 is 0 Å². The first-order chi connectivity index (χ1) is 33.4. The molecule has 0 radical (unpaired) electrons. The fourth-order valence-electron chi connectivity index (χ4n) is 4.98. The Morgan fingerprint density at radius 1 is 0.657 bits per heavy atom. The van der Waals surface area contributed by atoms with Crippen molar-refractivity contribution in [2.45, 2.75) is 39.1 Å². The van der Waals surface area contributed by atoms with Crippen LogP contribution in [0.3, 0.4) is 0 Å². The summed E-state index contributed by atoms with van der Waals surface area (Å²) in [5, 5.41) is 17.5. The van der Waals surface area contributed by atoms with Gasteiger partial charge < -0.3 is 68.8 Å². The third kappa shape index (κ3) is 24.6. The maximum atomic E-state index is 11.1. The summed E-state index contributed by atoms with van der Waals surface area (Å²) in [6.07, 6.45) is 5.95. The molecule has 0 unspecified atom stereocenters. The molecule has 0 aliphatic heterocycles. The quantitative estimate of drug-likeness (QED) is 0.0578. The van der Waals surface area contributed by atoms with E-state index in [1.165, 1.54) is 47.5 Å². The van der Waals surface area contributed by atoms with E-state index in [0.717, 1.165) is 5.69 Å². The molecule has 0 bridgehead atoms. The van der Waals surface area contributed by atoms with E-state index in [9.17, 15) is 14.4 Å². The number of carboxylic acids is 1. The first-order valence-electron chi connectivity index (χ1n) is 20.9. The summed E-state index contributed by atoms with van der Waals surface area (Å²) in [5.41, 5.74) is 3.88. The minimum Gasteiger partial charge on any atom is -0.478 e. The second-order valence-electron chi connectivity index (χ2n) is 13.9. The molecule has 0 aliphatic rings. The zero-order valence-corrected chi connectivity index (χ0v) is 43.1. The number of carbonyl (C=O) groups excluding carboxylic acids is 2. The van der Waals surface area contributed by atoms with Gasteiger partial charge in [-0.15, -0.1) is 0 Å². The van der Waals surface area contributed by atoms with E-state index in [1.54, 1.807) is 104 Å². The topological polar surface area (TPSA) is 294 Å². The molecule has 5 rings (SSSR count). The molecule has 0 fully saturated rings. The van der Waals surface area contributed by atoms with Crippen molar-refractivity contribution in [2.24, 2.45) is 0 Å². The Morgan fingerprint density at radius 2 is 1.17 bits per heavy atom. The number of anilines is 3. The third-order valence-electron chi connectivity index (χ3n) is 8.22. The number of hydrogen-bond donors (Lipinski definition) is 5. The number of imidazole rings is 1. The van der Waals surface area contributed by atoms with Gasteiger partial charge in [-0.2, -0.15) is 0 Å². The summed E-state index contributed by atoms with van der Waals surface area (Å²) in [6, 6.07) is 10.1. The molecule has 4 heterocycles. The molecule has 4 aromatic heterocycles. The molecule has 388 valence electrons. The van der Waals surface area contributed by atoms with Crippen LogP contribution in [0.15, 0.2) is 67.3 Å². The van der Waals surface area contributed by atoms with Crippen LogP contribution < -0.4 is 16.0 Å². The molecule has 5 N–H and O–H groups in total. The summed E-state index contributed by atoms with van der Waals surface area (Å²) in [4.78, 5) is 68.0. The Bertz CT molecular complexity index is 2250. The van der Waals surface area contributed by atoms with E-state index in [2.05, 4.69) is 65.3 Å². The number of rotatable bonds is 19. The van der Waals surface area contributed by atoms with Gasteiger partial charge in [0.05, 0.1) is 16.6 Å². The summed E-state index contributed by atoms with van der Waals surface area (Å²) >= 11 is 0. The number of ketones is 2. The predicted octanol–water partition coefficient (Wildman–Crippen LogP) is 3.96. The van der Waals surface area contributed by atoms with Gasteiger partial charge in [-0.05, 0) is 64.3 Å². The highest BCUT2D eigenvalue weighted by atomic mass is 16.7. The van der Waals surface area contributed by atoms with Crippen LogP contribution in [0.4, 0.5) is 17.8 Å². The van der Waals surface area contributed by atoms with Gasteiger partial charge in [0.1, 0.15) is 11.4 Å². The number of aryl methyl sites for hydroxylation is 1. The zero-order valence-electron chi connectivity index (χ0n) is 43.1. The van der Waals surface area contributed by atoms with Gasteiger partial charge in [-0.1, -0.05) is 0 Å². The van der Waals surface area contributed by atoms with Gasteiger partial charge >= 0.3 is 5.97 Å². The zero-order chi connectivity index (χ0) is 53.2. The molecule has 5 aromatic rings. The molecule has 70 heavy (non-hydrogen) atoms. The number of methoxy groups -OCH3 is 8. The normalized spacial score (nSPS) is 10.5. The fourth-order valence-corrected chi connectivity index (χ4v) is 4.98. The number of Topliss-reactive ketones (excluding diaryl/α,β-unsaturated/α-hetero) is 1. The Hall–Kier alpha value is -6.68. The van der Waals surface area contributed by atoms with Crippen molar-refractivity contribution in [3.63, 3.8) is 0 Å². The average molecular weight is 986 g/mol. The van der Waals surface area contributed by atoms with Crippen LogP contribution in [-0.2, 0) is 47.5 Å². The summed E-state index contributed by atoms with van der Waals surface area (Å²) in [6.45, 7) is 3.35. The predicted molar refractivity (Wildman–Crippen MR) is 264 cm³/mol. The maximum Gasteiger partial charge on any atom is 0.335 e. The lowest BCUT2D eigenvalue weighted by atomic mass is 10.2. The highest BCUT2D eigenvalue weighted by molar-refractivity contribution is 5.93. The van der Waals surface area contributed by atoms with Crippen molar-refractivity contribution in [3.05, 3.63) is 84.2 Å². The smallest absolute Gasteiger partial charge is 0.335 e. The van der Waals surface area contributed by atoms with Gasteiger partial charge in [-0.3, -0.25) is 14.5 Å². The molecule has 25 heteroatoms. The van der Waals surface area contributed by atoms with Gasteiger partial charge in [0.15, 0.2) is 11.6 Å². The van der Waals surface area contributed by atoms with Crippen molar-refractivity contribution < 1.29 is 57.4 Å². The number of carbonyl (C=O) groups is 3. The summed E-state index contributed by atoms with van der Waals surface area (Å²) in [7, 11) is 24.8. The number of H-pyrrole nitrogens is 1. The van der Waals surface area contributed by atoms with E-state index < -0.39 is 24.8 Å². The van der Waals surface area contributed by atoms with Crippen molar-refractivity contribution in [2.75, 3.05) is 122 Å². The van der Waals surface area contributed by atoms with Crippen molar-refractivity contribution >= 4 is 46.4 Å². The average Bonchev–Trinajstić information content (AvgIpc) is 3.80. The number of nitrogens with zero attached hydrogens (tertiary/aromatic N) is 9. The third-order valence-corrected chi connectivity index (χ3v) is 8.22. The van der Waals surface area contributed by atoms with E-state index in [-0.39, 0.29) is 23.5 Å². The van der Waals surface area contributed by atoms with Crippen LogP contribution in [-0.4, -0.2) is 198 Å². The number of nitrogens with one attached hydrogen (secondary N) is 4. The van der Waals surface area contributed by atoms with Crippen LogP contribution in [0.5, 0.6) is 0 Å². The molecule has 0 saturated carbocycles. The Morgan fingerprint density at radius 3 is 1.57 bits per heavy atom.